The first kappa shape index (κ1) is 15.7. The minimum Gasteiger partial charge on any atom is -0.409 e. The molecule has 19 heavy (non-hydrogen) atoms. The highest BCUT2D eigenvalue weighted by molar-refractivity contribution is 7.99. The molecule has 3 N–H and O–H groups in total. The molecular weight excluding hydrogens is 258 g/mol. The molecule has 0 aromatic heterocycles. The van der Waals surface area contributed by atoms with E-state index in [1.54, 1.807) is 11.8 Å². The number of nitrogens with zero attached hydrogens (tertiary/aromatic N) is 2. The lowest BCUT2D eigenvalue weighted by molar-refractivity contribution is 0.318. The number of nitrogens with two attached hydrogens (primary N) is 1. The second-order valence-corrected chi connectivity index (χ2v) is 5.75. The van der Waals surface area contributed by atoms with Crippen molar-refractivity contribution in [2.24, 2.45) is 10.9 Å². The van der Waals surface area contributed by atoms with Gasteiger partial charge in [-0.05, 0) is 38.7 Å². The van der Waals surface area contributed by atoms with Crippen molar-refractivity contribution >= 4 is 23.3 Å². The molecule has 0 atom stereocenters. The lowest BCUT2D eigenvalue weighted by atomic mass is 10.1. The van der Waals surface area contributed by atoms with Gasteiger partial charge in [0.05, 0.1) is 5.56 Å². The van der Waals surface area contributed by atoms with Crippen molar-refractivity contribution in [3.05, 3.63) is 23.8 Å². The Kier molecular flexibility index (Phi) is 6.02. The van der Waals surface area contributed by atoms with Gasteiger partial charge in [0.1, 0.15) is 0 Å². The molecule has 5 heteroatoms. The molecule has 0 aliphatic heterocycles. The third-order valence-electron chi connectivity index (χ3n) is 2.94. The summed E-state index contributed by atoms with van der Waals surface area (Å²) in [5.74, 6) is 1.12. The van der Waals surface area contributed by atoms with E-state index in [1.807, 2.05) is 18.2 Å². The SMILES string of the molecule is CCSc1cccc(N(CC)C(C)C)c1/C(N)=N/O. The molecule has 0 heterocycles. The van der Waals surface area contributed by atoms with Gasteiger partial charge >= 0.3 is 0 Å². The quantitative estimate of drug-likeness (QED) is 0.276. The third kappa shape index (κ3) is 3.56. The normalized spacial score (nSPS) is 11.9. The molecule has 0 bridgehead atoms. The minimum absolute atomic E-state index is 0.172. The van der Waals surface area contributed by atoms with Crippen molar-refractivity contribution in [1.82, 2.24) is 0 Å². The van der Waals surface area contributed by atoms with Gasteiger partial charge < -0.3 is 15.8 Å². The fourth-order valence-corrected chi connectivity index (χ4v) is 3.00. The van der Waals surface area contributed by atoms with Gasteiger partial charge in [-0.3, -0.25) is 0 Å². The van der Waals surface area contributed by atoms with Crippen LogP contribution in [0.5, 0.6) is 0 Å². The van der Waals surface area contributed by atoms with Gasteiger partial charge in [0.2, 0.25) is 0 Å². The summed E-state index contributed by atoms with van der Waals surface area (Å²) in [6, 6.07) is 6.42. The first-order valence-electron chi connectivity index (χ1n) is 6.57. The highest BCUT2D eigenvalue weighted by atomic mass is 32.2. The molecule has 1 aromatic carbocycles. The lowest BCUT2D eigenvalue weighted by Gasteiger charge is -2.30. The molecule has 0 radical (unpaired) electrons. The molecule has 106 valence electrons. The molecule has 0 aliphatic rings. The Morgan fingerprint density at radius 1 is 1.42 bits per heavy atom. The van der Waals surface area contributed by atoms with Gasteiger partial charge in [-0.15, -0.1) is 11.8 Å². The maximum absolute atomic E-state index is 9.03. The van der Waals surface area contributed by atoms with Crippen molar-refractivity contribution in [2.45, 2.75) is 38.6 Å². The fraction of sp³-hybridized carbons (Fsp3) is 0.500. The number of hydrogen-bond donors (Lipinski definition) is 2. The van der Waals surface area contributed by atoms with Gasteiger partial charge in [-0.2, -0.15) is 0 Å². The van der Waals surface area contributed by atoms with Gasteiger partial charge in [0, 0.05) is 23.2 Å². The van der Waals surface area contributed by atoms with Crippen molar-refractivity contribution in [3.8, 4) is 0 Å². The van der Waals surface area contributed by atoms with Crippen molar-refractivity contribution < 1.29 is 5.21 Å². The summed E-state index contributed by atoms with van der Waals surface area (Å²) in [4.78, 5) is 3.29. The maximum atomic E-state index is 9.03. The average Bonchev–Trinajstić information content (AvgIpc) is 2.39. The summed E-state index contributed by atoms with van der Waals surface area (Å²) in [5.41, 5.74) is 7.72. The third-order valence-corrected chi connectivity index (χ3v) is 3.88. The van der Waals surface area contributed by atoms with Gasteiger partial charge in [0.15, 0.2) is 5.84 Å². The van der Waals surface area contributed by atoms with E-state index in [0.29, 0.717) is 6.04 Å². The van der Waals surface area contributed by atoms with Crippen LogP contribution in [-0.2, 0) is 0 Å². The summed E-state index contributed by atoms with van der Waals surface area (Å²) in [7, 11) is 0. The van der Waals surface area contributed by atoms with Gasteiger partial charge in [0.25, 0.3) is 0 Å². The standard InChI is InChI=1S/C14H23N3OS/c1-5-17(10(3)4)11-8-7-9-12(19-6-2)13(11)14(15)16-18/h7-10,18H,5-6H2,1-4H3,(H2,15,16). The summed E-state index contributed by atoms with van der Waals surface area (Å²) < 4.78 is 0. The van der Waals surface area contributed by atoms with Crippen molar-refractivity contribution in [2.75, 3.05) is 17.2 Å². The van der Waals surface area contributed by atoms with Gasteiger partial charge in [-0.1, -0.05) is 18.1 Å². The number of rotatable bonds is 6. The summed E-state index contributed by atoms with van der Waals surface area (Å²) in [6.45, 7) is 9.35. The van der Waals surface area contributed by atoms with Crippen LogP contribution in [0.2, 0.25) is 0 Å². The van der Waals surface area contributed by atoms with E-state index in [1.165, 1.54) is 0 Å². The molecule has 0 saturated heterocycles. The topological polar surface area (TPSA) is 61.8 Å². The Balaban J connectivity index is 3.41. The maximum Gasteiger partial charge on any atom is 0.173 e. The number of oxime groups is 1. The van der Waals surface area contributed by atoms with Crippen LogP contribution in [0.3, 0.4) is 0 Å². The first-order valence-corrected chi connectivity index (χ1v) is 7.55. The van der Waals surface area contributed by atoms with E-state index in [9.17, 15) is 0 Å². The predicted octanol–water partition coefficient (Wildman–Crippen LogP) is 3.13. The van der Waals surface area contributed by atoms with E-state index >= 15 is 0 Å². The number of hydrogen-bond acceptors (Lipinski definition) is 4. The number of thioether (sulfide) groups is 1. The van der Waals surface area contributed by atoms with E-state index in [4.69, 9.17) is 10.9 Å². The van der Waals surface area contributed by atoms with E-state index in [2.05, 4.69) is 37.8 Å². The van der Waals surface area contributed by atoms with Crippen LogP contribution >= 0.6 is 11.8 Å². The highest BCUT2D eigenvalue weighted by Crippen LogP contribution is 2.31. The van der Waals surface area contributed by atoms with Crippen LogP contribution in [0.4, 0.5) is 5.69 Å². The first-order chi connectivity index (χ1) is 9.06. The number of benzene rings is 1. The Hall–Kier alpha value is -1.36. The molecular formula is C14H23N3OS. The van der Waals surface area contributed by atoms with Crippen LogP contribution in [0.15, 0.2) is 28.3 Å². The fourth-order valence-electron chi connectivity index (χ4n) is 2.16. The van der Waals surface area contributed by atoms with Crippen LogP contribution in [0.25, 0.3) is 0 Å². The predicted molar refractivity (Wildman–Crippen MR) is 83.5 cm³/mol. The molecule has 0 unspecified atom stereocenters. The van der Waals surface area contributed by atoms with Crippen LogP contribution in [0, 0.1) is 0 Å². The Bertz CT molecular complexity index is 446. The zero-order valence-corrected chi connectivity index (χ0v) is 12.9. The number of amidine groups is 1. The van der Waals surface area contributed by atoms with E-state index < -0.39 is 0 Å². The smallest absolute Gasteiger partial charge is 0.173 e. The lowest BCUT2D eigenvalue weighted by Crippen LogP contribution is -2.33. The Labute approximate surface area is 119 Å². The average molecular weight is 281 g/mol. The molecule has 0 spiro atoms. The summed E-state index contributed by atoms with van der Waals surface area (Å²) in [5, 5.41) is 12.2. The van der Waals surface area contributed by atoms with Crippen molar-refractivity contribution in [1.29, 1.82) is 0 Å². The van der Waals surface area contributed by atoms with Crippen LogP contribution in [-0.4, -0.2) is 29.4 Å². The van der Waals surface area contributed by atoms with Crippen molar-refractivity contribution in [3.63, 3.8) is 0 Å². The summed E-state index contributed by atoms with van der Waals surface area (Å²) >= 11 is 1.70. The molecule has 0 amide bonds. The molecule has 1 rings (SSSR count). The molecule has 0 fully saturated rings. The zero-order valence-electron chi connectivity index (χ0n) is 12.1. The van der Waals surface area contributed by atoms with E-state index in [0.717, 1.165) is 28.4 Å². The largest absolute Gasteiger partial charge is 0.409 e. The van der Waals surface area contributed by atoms with E-state index in [-0.39, 0.29) is 5.84 Å². The zero-order chi connectivity index (χ0) is 14.4. The Morgan fingerprint density at radius 2 is 2.11 bits per heavy atom. The second kappa shape index (κ2) is 7.28. The highest BCUT2D eigenvalue weighted by Gasteiger charge is 2.18. The minimum atomic E-state index is 0.172. The van der Waals surface area contributed by atoms with Crippen LogP contribution < -0.4 is 10.6 Å². The molecule has 4 nitrogen and oxygen atoms in total. The Morgan fingerprint density at radius 3 is 2.58 bits per heavy atom. The van der Waals surface area contributed by atoms with Gasteiger partial charge in [-0.25, -0.2) is 0 Å². The summed E-state index contributed by atoms with van der Waals surface area (Å²) in [6.07, 6.45) is 0. The van der Waals surface area contributed by atoms with Crippen LogP contribution in [0.1, 0.15) is 33.3 Å². The monoisotopic (exact) mass is 281 g/mol. The molecule has 0 aliphatic carbocycles. The second-order valence-electron chi connectivity index (χ2n) is 4.45. The molecule has 1 aromatic rings. The molecule has 0 saturated carbocycles. The number of anilines is 1.